The van der Waals surface area contributed by atoms with Crippen LogP contribution in [0, 0.1) is 17.7 Å². The number of carbonyl (C=O) groups is 1. The second-order valence-corrected chi connectivity index (χ2v) is 6.51. The smallest absolute Gasteiger partial charge is 0.234 e. The van der Waals surface area contributed by atoms with Crippen molar-refractivity contribution in [2.75, 3.05) is 31.1 Å². The fourth-order valence-corrected chi connectivity index (χ4v) is 3.44. The van der Waals surface area contributed by atoms with Gasteiger partial charge in [-0.25, -0.2) is 9.82 Å². The SMILES string of the molecule is O=C1NC(=NCC2CCN(c3ccc(F)cc3)C2)NC2NNCC12. The Balaban J connectivity index is 1.33. The monoisotopic (exact) mass is 332 g/mol. The van der Waals surface area contributed by atoms with Crippen LogP contribution in [-0.2, 0) is 4.79 Å². The molecule has 3 atom stereocenters. The van der Waals surface area contributed by atoms with Crippen LogP contribution >= 0.6 is 0 Å². The average Bonchev–Trinajstić information content (AvgIpc) is 3.23. The van der Waals surface area contributed by atoms with Gasteiger partial charge in [0.05, 0.1) is 5.92 Å². The predicted molar refractivity (Wildman–Crippen MR) is 88.7 cm³/mol. The van der Waals surface area contributed by atoms with E-state index in [1.165, 1.54) is 12.1 Å². The van der Waals surface area contributed by atoms with Gasteiger partial charge in [0.15, 0.2) is 5.96 Å². The van der Waals surface area contributed by atoms with Crippen molar-refractivity contribution in [1.82, 2.24) is 21.5 Å². The summed E-state index contributed by atoms with van der Waals surface area (Å²) in [6.45, 7) is 3.11. The van der Waals surface area contributed by atoms with E-state index >= 15 is 0 Å². The van der Waals surface area contributed by atoms with Crippen LogP contribution in [0.15, 0.2) is 29.3 Å². The summed E-state index contributed by atoms with van der Waals surface area (Å²) in [7, 11) is 0. The summed E-state index contributed by atoms with van der Waals surface area (Å²) in [4.78, 5) is 18.8. The van der Waals surface area contributed by atoms with Gasteiger partial charge in [0, 0.05) is 31.9 Å². The Morgan fingerprint density at radius 1 is 1.29 bits per heavy atom. The van der Waals surface area contributed by atoms with Gasteiger partial charge >= 0.3 is 0 Å². The van der Waals surface area contributed by atoms with E-state index in [2.05, 4.69) is 31.4 Å². The first-order valence-corrected chi connectivity index (χ1v) is 8.30. The standard InChI is InChI=1S/C16H21FN6O/c17-11-1-3-12(4-2-11)23-6-5-10(9-23)7-18-16-20-14-13(8-19-22-14)15(24)21-16/h1-4,10,13-14,19,22H,5-9H2,(H2,18,20,21,24). The summed E-state index contributed by atoms with van der Waals surface area (Å²) in [6.07, 6.45) is 0.935. The van der Waals surface area contributed by atoms with Gasteiger partial charge in [-0.3, -0.25) is 20.5 Å². The number of fused-ring (bicyclic) bond motifs is 1. The molecule has 1 aromatic rings. The molecule has 8 heteroatoms. The van der Waals surface area contributed by atoms with Crippen molar-refractivity contribution >= 4 is 17.6 Å². The Labute approximate surface area is 139 Å². The number of carbonyl (C=O) groups excluding carboxylic acids is 1. The molecule has 0 radical (unpaired) electrons. The largest absolute Gasteiger partial charge is 0.371 e. The van der Waals surface area contributed by atoms with Crippen molar-refractivity contribution in [1.29, 1.82) is 0 Å². The highest BCUT2D eigenvalue weighted by Crippen LogP contribution is 2.24. The van der Waals surface area contributed by atoms with E-state index in [1.54, 1.807) is 0 Å². The zero-order chi connectivity index (χ0) is 16.5. The molecule has 3 heterocycles. The third-order valence-electron chi connectivity index (χ3n) is 4.84. The van der Waals surface area contributed by atoms with Gasteiger partial charge in [0.25, 0.3) is 0 Å². The van der Waals surface area contributed by atoms with Crippen molar-refractivity contribution < 1.29 is 9.18 Å². The van der Waals surface area contributed by atoms with Crippen LogP contribution in [-0.4, -0.2) is 44.2 Å². The molecule has 0 aliphatic carbocycles. The topological polar surface area (TPSA) is 80.8 Å². The first-order chi connectivity index (χ1) is 11.7. The number of guanidine groups is 1. The Kier molecular flexibility index (Phi) is 4.07. The number of nitrogens with one attached hydrogen (secondary N) is 4. The number of rotatable bonds is 3. The lowest BCUT2D eigenvalue weighted by Crippen LogP contribution is -2.61. The van der Waals surface area contributed by atoms with E-state index in [0.717, 1.165) is 25.2 Å². The maximum Gasteiger partial charge on any atom is 0.234 e. The van der Waals surface area contributed by atoms with E-state index in [4.69, 9.17) is 0 Å². The van der Waals surface area contributed by atoms with Crippen LogP contribution in [0.1, 0.15) is 6.42 Å². The van der Waals surface area contributed by atoms with Gasteiger partial charge in [-0.05, 0) is 36.6 Å². The van der Waals surface area contributed by atoms with Crippen LogP contribution in [0.25, 0.3) is 0 Å². The third-order valence-corrected chi connectivity index (χ3v) is 4.84. The molecular formula is C16H21FN6O. The minimum atomic E-state index is -0.215. The molecule has 3 fully saturated rings. The van der Waals surface area contributed by atoms with Gasteiger partial charge in [-0.2, -0.15) is 0 Å². The molecule has 3 saturated heterocycles. The minimum Gasteiger partial charge on any atom is -0.371 e. The van der Waals surface area contributed by atoms with Gasteiger partial charge in [-0.15, -0.1) is 0 Å². The van der Waals surface area contributed by atoms with E-state index in [1.807, 2.05) is 12.1 Å². The van der Waals surface area contributed by atoms with Gasteiger partial charge in [0.2, 0.25) is 5.91 Å². The quantitative estimate of drug-likeness (QED) is 0.615. The summed E-state index contributed by atoms with van der Waals surface area (Å²) >= 11 is 0. The molecule has 1 aromatic carbocycles. The first-order valence-electron chi connectivity index (χ1n) is 8.30. The van der Waals surface area contributed by atoms with Crippen molar-refractivity contribution in [3.05, 3.63) is 30.1 Å². The van der Waals surface area contributed by atoms with Crippen molar-refractivity contribution in [3.8, 4) is 0 Å². The van der Waals surface area contributed by atoms with Gasteiger partial charge < -0.3 is 10.2 Å². The summed E-state index contributed by atoms with van der Waals surface area (Å²) in [5.74, 6) is 0.637. The lowest BCUT2D eigenvalue weighted by atomic mass is 10.1. The summed E-state index contributed by atoms with van der Waals surface area (Å²) < 4.78 is 13.0. The molecule has 0 bridgehead atoms. The van der Waals surface area contributed by atoms with Crippen LogP contribution in [0.4, 0.5) is 10.1 Å². The second kappa shape index (κ2) is 6.37. The molecule has 3 aliphatic heterocycles. The molecule has 4 rings (SSSR count). The number of benzene rings is 1. The van der Waals surface area contributed by atoms with Gasteiger partial charge in [0.1, 0.15) is 12.0 Å². The number of aliphatic imine (C=N–C) groups is 1. The molecule has 3 aliphatic rings. The lowest BCUT2D eigenvalue weighted by molar-refractivity contribution is -0.124. The van der Waals surface area contributed by atoms with Crippen LogP contribution in [0.3, 0.4) is 0 Å². The summed E-state index contributed by atoms with van der Waals surface area (Å²) in [5.41, 5.74) is 7.06. The highest BCUT2D eigenvalue weighted by Gasteiger charge is 2.38. The van der Waals surface area contributed by atoms with Crippen LogP contribution in [0.2, 0.25) is 0 Å². The zero-order valence-electron chi connectivity index (χ0n) is 13.3. The van der Waals surface area contributed by atoms with E-state index < -0.39 is 0 Å². The lowest BCUT2D eigenvalue weighted by Gasteiger charge is -2.27. The van der Waals surface area contributed by atoms with E-state index in [0.29, 0.717) is 25.0 Å². The minimum absolute atomic E-state index is 0.00522. The molecule has 7 nitrogen and oxygen atoms in total. The molecular weight excluding hydrogens is 311 g/mol. The number of hydrogen-bond donors (Lipinski definition) is 4. The third kappa shape index (κ3) is 3.07. The molecule has 128 valence electrons. The van der Waals surface area contributed by atoms with Gasteiger partial charge in [-0.1, -0.05) is 0 Å². The fraction of sp³-hybridized carbons (Fsp3) is 0.500. The van der Waals surface area contributed by atoms with Crippen molar-refractivity contribution in [2.45, 2.75) is 12.6 Å². The Hall–Kier alpha value is -2.19. The summed E-state index contributed by atoms with van der Waals surface area (Å²) in [5, 5.41) is 6.03. The first kappa shape index (κ1) is 15.3. The molecule has 1 amide bonds. The number of hydrogen-bond acceptors (Lipinski definition) is 5. The predicted octanol–water partition coefficient (Wildman–Crippen LogP) is -0.222. The molecule has 0 spiro atoms. The van der Waals surface area contributed by atoms with Crippen molar-refractivity contribution in [3.63, 3.8) is 0 Å². The Morgan fingerprint density at radius 2 is 2.12 bits per heavy atom. The van der Waals surface area contributed by atoms with E-state index in [-0.39, 0.29) is 23.8 Å². The highest BCUT2D eigenvalue weighted by atomic mass is 19.1. The fourth-order valence-electron chi connectivity index (χ4n) is 3.44. The summed E-state index contributed by atoms with van der Waals surface area (Å²) in [6, 6.07) is 6.60. The molecule has 0 aromatic heterocycles. The molecule has 24 heavy (non-hydrogen) atoms. The molecule has 0 saturated carbocycles. The molecule has 3 unspecified atom stereocenters. The zero-order valence-corrected chi connectivity index (χ0v) is 13.3. The molecule has 4 N–H and O–H groups in total. The average molecular weight is 332 g/mol. The number of nitrogens with zero attached hydrogens (tertiary/aromatic N) is 2. The Morgan fingerprint density at radius 3 is 2.96 bits per heavy atom. The maximum atomic E-state index is 13.0. The number of anilines is 1. The number of halogens is 1. The second-order valence-electron chi connectivity index (χ2n) is 6.51. The highest BCUT2D eigenvalue weighted by molar-refractivity contribution is 6.01. The van der Waals surface area contributed by atoms with Crippen molar-refractivity contribution in [2.24, 2.45) is 16.8 Å². The Bertz CT molecular complexity index is 648. The normalized spacial score (nSPS) is 31.0. The number of amides is 1. The number of hydrazine groups is 1. The maximum absolute atomic E-state index is 13.0. The van der Waals surface area contributed by atoms with E-state index in [9.17, 15) is 9.18 Å². The van der Waals surface area contributed by atoms with Crippen LogP contribution < -0.4 is 26.4 Å². The van der Waals surface area contributed by atoms with Crippen LogP contribution in [0.5, 0.6) is 0 Å².